The predicted octanol–water partition coefficient (Wildman–Crippen LogP) is 4.33. The van der Waals surface area contributed by atoms with Crippen LogP contribution in [-0.4, -0.2) is 16.1 Å². The molecule has 0 aliphatic carbocycles. The average molecular weight is 293 g/mol. The molecule has 0 amide bonds. The number of aromatic nitrogens is 1. The van der Waals surface area contributed by atoms with E-state index in [2.05, 4.69) is 32.7 Å². The summed E-state index contributed by atoms with van der Waals surface area (Å²) in [6.07, 6.45) is 0.573. The van der Waals surface area contributed by atoms with E-state index in [0.29, 0.717) is 24.0 Å². The third-order valence-corrected chi connectivity index (χ3v) is 4.46. The Kier molecular flexibility index (Phi) is 3.99. The van der Waals surface area contributed by atoms with Crippen LogP contribution >= 0.6 is 11.3 Å². The largest absolute Gasteiger partial charge is 0.476 e. The summed E-state index contributed by atoms with van der Waals surface area (Å²) in [5, 5.41) is 11.2. The number of oxazole rings is 1. The van der Waals surface area contributed by atoms with Crippen molar-refractivity contribution >= 4 is 17.3 Å². The zero-order valence-corrected chi connectivity index (χ0v) is 13.0. The Balaban J connectivity index is 2.34. The summed E-state index contributed by atoms with van der Waals surface area (Å²) in [6.45, 7) is 8.50. The molecule has 2 aromatic heterocycles. The van der Waals surface area contributed by atoms with Crippen LogP contribution in [0.4, 0.5) is 0 Å². The fourth-order valence-electron chi connectivity index (χ4n) is 1.75. The average Bonchev–Trinajstić information content (AvgIpc) is 2.94. The van der Waals surface area contributed by atoms with Crippen LogP contribution in [0.3, 0.4) is 0 Å². The summed E-state index contributed by atoms with van der Waals surface area (Å²) in [7, 11) is 0. The van der Waals surface area contributed by atoms with Gasteiger partial charge in [-0.1, -0.05) is 33.8 Å². The SMILES string of the molecule is CC(Cc1oc(-c2cccs2)nc1C(=O)O)C(C)(C)C. The fraction of sp³-hybridized carbons (Fsp3) is 0.467. The van der Waals surface area contributed by atoms with Gasteiger partial charge >= 0.3 is 5.97 Å². The van der Waals surface area contributed by atoms with Gasteiger partial charge in [0.05, 0.1) is 4.88 Å². The lowest BCUT2D eigenvalue weighted by atomic mass is 9.79. The lowest BCUT2D eigenvalue weighted by Crippen LogP contribution is -2.20. The highest BCUT2D eigenvalue weighted by Gasteiger charge is 2.27. The molecule has 0 saturated heterocycles. The molecule has 2 rings (SSSR count). The summed E-state index contributed by atoms with van der Waals surface area (Å²) >= 11 is 1.49. The Labute approximate surface area is 122 Å². The molecule has 5 heteroatoms. The maximum Gasteiger partial charge on any atom is 0.358 e. The van der Waals surface area contributed by atoms with Gasteiger partial charge < -0.3 is 9.52 Å². The number of carboxylic acids is 1. The summed E-state index contributed by atoms with van der Waals surface area (Å²) in [5.74, 6) is 0.120. The molecular weight excluding hydrogens is 274 g/mol. The zero-order chi connectivity index (χ0) is 14.9. The number of carbonyl (C=O) groups is 1. The van der Waals surface area contributed by atoms with Crippen molar-refractivity contribution in [3.63, 3.8) is 0 Å². The van der Waals surface area contributed by atoms with E-state index in [1.165, 1.54) is 11.3 Å². The fourth-order valence-corrected chi connectivity index (χ4v) is 2.40. The highest BCUT2D eigenvalue weighted by atomic mass is 32.1. The minimum Gasteiger partial charge on any atom is -0.476 e. The van der Waals surface area contributed by atoms with Crippen molar-refractivity contribution < 1.29 is 14.3 Å². The van der Waals surface area contributed by atoms with E-state index in [4.69, 9.17) is 4.42 Å². The second-order valence-corrected chi connectivity index (χ2v) is 6.99. The van der Waals surface area contributed by atoms with E-state index in [9.17, 15) is 9.90 Å². The highest BCUT2D eigenvalue weighted by molar-refractivity contribution is 7.13. The molecule has 4 nitrogen and oxygen atoms in total. The molecule has 0 aromatic carbocycles. The number of hydrogen-bond donors (Lipinski definition) is 1. The van der Waals surface area contributed by atoms with Crippen molar-refractivity contribution in [1.29, 1.82) is 0 Å². The molecule has 0 aliphatic rings. The standard InChI is InChI=1S/C15H19NO3S/c1-9(15(2,3)4)8-10-12(14(17)18)16-13(19-10)11-6-5-7-20-11/h5-7,9H,8H2,1-4H3,(H,17,18). The van der Waals surface area contributed by atoms with E-state index in [1.54, 1.807) is 0 Å². The maximum absolute atomic E-state index is 11.3. The summed E-state index contributed by atoms with van der Waals surface area (Å²) in [6, 6.07) is 3.77. The van der Waals surface area contributed by atoms with Gasteiger partial charge in [-0.2, -0.15) is 0 Å². The van der Waals surface area contributed by atoms with Crippen molar-refractivity contribution in [3.8, 4) is 10.8 Å². The Morgan fingerprint density at radius 1 is 1.50 bits per heavy atom. The van der Waals surface area contributed by atoms with Crippen molar-refractivity contribution in [3.05, 3.63) is 29.0 Å². The molecule has 1 atom stereocenters. The van der Waals surface area contributed by atoms with Crippen LogP contribution in [-0.2, 0) is 6.42 Å². The number of thiophene rings is 1. The van der Waals surface area contributed by atoms with Gasteiger partial charge in [-0.05, 0) is 22.8 Å². The molecular formula is C15H19NO3S. The molecule has 20 heavy (non-hydrogen) atoms. The predicted molar refractivity (Wildman–Crippen MR) is 79.1 cm³/mol. The third-order valence-electron chi connectivity index (χ3n) is 3.60. The zero-order valence-electron chi connectivity index (χ0n) is 12.1. The van der Waals surface area contributed by atoms with Crippen LogP contribution < -0.4 is 0 Å². The van der Waals surface area contributed by atoms with Crippen molar-refractivity contribution in [2.75, 3.05) is 0 Å². The first-order chi connectivity index (χ1) is 9.29. The van der Waals surface area contributed by atoms with Gasteiger partial charge in [0.15, 0.2) is 5.69 Å². The van der Waals surface area contributed by atoms with Crippen molar-refractivity contribution in [2.45, 2.75) is 34.1 Å². The molecule has 0 saturated carbocycles. The van der Waals surface area contributed by atoms with Crippen molar-refractivity contribution in [1.82, 2.24) is 4.98 Å². The van der Waals surface area contributed by atoms with E-state index in [0.717, 1.165) is 4.88 Å². The van der Waals surface area contributed by atoms with Crippen LogP contribution in [0.2, 0.25) is 0 Å². The molecule has 0 radical (unpaired) electrons. The molecule has 1 N–H and O–H groups in total. The van der Waals surface area contributed by atoms with E-state index >= 15 is 0 Å². The topological polar surface area (TPSA) is 63.3 Å². The van der Waals surface area contributed by atoms with E-state index < -0.39 is 5.97 Å². The number of aromatic carboxylic acids is 1. The Hall–Kier alpha value is -1.62. The number of rotatable bonds is 4. The first-order valence-electron chi connectivity index (χ1n) is 6.56. The maximum atomic E-state index is 11.3. The Bertz CT molecular complexity index is 593. The first kappa shape index (κ1) is 14.8. The second kappa shape index (κ2) is 5.40. The minimum absolute atomic E-state index is 0.0319. The number of nitrogens with zero attached hydrogens (tertiary/aromatic N) is 1. The van der Waals surface area contributed by atoms with Crippen LogP contribution in [0.15, 0.2) is 21.9 Å². The van der Waals surface area contributed by atoms with Crippen LogP contribution in [0.5, 0.6) is 0 Å². The second-order valence-electron chi connectivity index (χ2n) is 6.04. The molecule has 2 aromatic rings. The Morgan fingerprint density at radius 2 is 2.20 bits per heavy atom. The molecule has 0 spiro atoms. The molecule has 0 fully saturated rings. The van der Waals surface area contributed by atoms with Gasteiger partial charge in [0.25, 0.3) is 0 Å². The lowest BCUT2D eigenvalue weighted by molar-refractivity contribution is 0.0687. The van der Waals surface area contributed by atoms with Gasteiger partial charge in [-0.25, -0.2) is 9.78 Å². The van der Waals surface area contributed by atoms with Crippen LogP contribution in [0.1, 0.15) is 43.9 Å². The van der Waals surface area contributed by atoms with E-state index in [1.807, 2.05) is 17.5 Å². The number of hydrogen-bond acceptors (Lipinski definition) is 4. The van der Waals surface area contributed by atoms with Gasteiger partial charge in [-0.3, -0.25) is 0 Å². The molecule has 0 aliphatic heterocycles. The van der Waals surface area contributed by atoms with Gasteiger partial charge in [0.1, 0.15) is 5.76 Å². The first-order valence-corrected chi connectivity index (χ1v) is 7.44. The third kappa shape index (κ3) is 3.10. The van der Waals surface area contributed by atoms with Gasteiger partial charge in [0, 0.05) is 6.42 Å². The summed E-state index contributed by atoms with van der Waals surface area (Å²) in [4.78, 5) is 16.3. The lowest BCUT2D eigenvalue weighted by Gasteiger charge is -2.26. The smallest absolute Gasteiger partial charge is 0.358 e. The highest BCUT2D eigenvalue weighted by Crippen LogP contribution is 2.32. The van der Waals surface area contributed by atoms with Gasteiger partial charge in [-0.15, -0.1) is 11.3 Å². The van der Waals surface area contributed by atoms with Crippen LogP contribution in [0.25, 0.3) is 10.8 Å². The normalized spacial score (nSPS) is 13.4. The van der Waals surface area contributed by atoms with Crippen LogP contribution in [0, 0.1) is 11.3 Å². The summed E-state index contributed by atoms with van der Waals surface area (Å²) in [5.41, 5.74) is 0.121. The molecule has 108 valence electrons. The van der Waals surface area contributed by atoms with Crippen molar-refractivity contribution in [2.24, 2.45) is 11.3 Å². The quantitative estimate of drug-likeness (QED) is 0.911. The minimum atomic E-state index is -1.03. The van der Waals surface area contributed by atoms with E-state index in [-0.39, 0.29) is 11.1 Å². The monoisotopic (exact) mass is 293 g/mol. The number of carboxylic acid groups (broad SMARTS) is 1. The molecule has 0 bridgehead atoms. The molecule has 2 heterocycles. The van der Waals surface area contributed by atoms with Gasteiger partial charge in [0.2, 0.25) is 5.89 Å². The Morgan fingerprint density at radius 3 is 2.70 bits per heavy atom. The molecule has 1 unspecified atom stereocenters. The summed E-state index contributed by atoms with van der Waals surface area (Å²) < 4.78 is 5.70.